The van der Waals surface area contributed by atoms with Crippen LogP contribution in [-0.4, -0.2) is 9.55 Å². The molecule has 0 spiro atoms. The molecule has 4 nitrogen and oxygen atoms in total. The first-order valence-corrected chi connectivity index (χ1v) is 7.65. The van der Waals surface area contributed by atoms with Gasteiger partial charge in [-0.25, -0.2) is 0 Å². The Balaban J connectivity index is 2.12. The molecule has 3 rings (SSSR count). The Morgan fingerprint density at radius 3 is 2.17 bits per heavy atom. The van der Waals surface area contributed by atoms with Crippen molar-refractivity contribution >= 4 is 0 Å². The Morgan fingerprint density at radius 2 is 1.58 bits per heavy atom. The summed E-state index contributed by atoms with van der Waals surface area (Å²) in [5, 5.41) is 18.6. The molecule has 4 heteroatoms. The molecule has 3 aromatic rings. The largest absolute Gasteiger partial charge is 0.343 e. The first-order valence-electron chi connectivity index (χ1n) is 7.65. The van der Waals surface area contributed by atoms with Crippen molar-refractivity contribution in [2.24, 2.45) is 0 Å². The van der Waals surface area contributed by atoms with Crippen LogP contribution >= 0.6 is 0 Å². The minimum atomic E-state index is 0.614. The Labute approximate surface area is 141 Å². The molecule has 2 aromatic heterocycles. The lowest BCUT2D eigenvalue weighted by Gasteiger charge is -2.10. The van der Waals surface area contributed by atoms with E-state index >= 15 is 0 Å². The molecule has 0 amide bonds. The third-order valence-electron chi connectivity index (χ3n) is 4.29. The van der Waals surface area contributed by atoms with Crippen molar-refractivity contribution in [1.82, 2.24) is 9.55 Å². The number of nitrogens with zero attached hydrogens (tertiary/aromatic N) is 4. The smallest absolute Gasteiger partial charge is 0.102 e. The van der Waals surface area contributed by atoms with Crippen molar-refractivity contribution in [1.29, 1.82) is 10.5 Å². The van der Waals surface area contributed by atoms with E-state index in [4.69, 9.17) is 5.26 Å². The van der Waals surface area contributed by atoms with Gasteiger partial charge in [0.05, 0.1) is 17.2 Å². The lowest BCUT2D eigenvalue weighted by molar-refractivity contribution is 0.748. The van der Waals surface area contributed by atoms with E-state index in [-0.39, 0.29) is 0 Å². The average molecular weight is 312 g/mol. The molecule has 0 bridgehead atoms. The van der Waals surface area contributed by atoms with Crippen LogP contribution in [0.2, 0.25) is 0 Å². The number of benzene rings is 1. The molecule has 0 saturated carbocycles. The van der Waals surface area contributed by atoms with Gasteiger partial charge in [0.15, 0.2) is 0 Å². The maximum absolute atomic E-state index is 9.64. The highest BCUT2D eigenvalue weighted by Gasteiger charge is 2.19. The lowest BCUT2D eigenvalue weighted by atomic mass is 10.0. The second kappa shape index (κ2) is 6.40. The molecule has 0 aliphatic rings. The van der Waals surface area contributed by atoms with Crippen LogP contribution in [0.25, 0.3) is 11.1 Å². The third-order valence-corrected chi connectivity index (χ3v) is 4.29. The summed E-state index contributed by atoms with van der Waals surface area (Å²) < 4.78 is 2.15. The van der Waals surface area contributed by atoms with Crippen molar-refractivity contribution in [3.63, 3.8) is 0 Å². The van der Waals surface area contributed by atoms with Gasteiger partial charge in [-0.1, -0.05) is 12.1 Å². The summed E-state index contributed by atoms with van der Waals surface area (Å²) in [6.07, 6.45) is 3.55. The van der Waals surface area contributed by atoms with Crippen LogP contribution in [0.15, 0.2) is 48.8 Å². The van der Waals surface area contributed by atoms with Gasteiger partial charge in [-0.2, -0.15) is 10.5 Å². The van der Waals surface area contributed by atoms with E-state index in [1.807, 2.05) is 38.1 Å². The van der Waals surface area contributed by atoms with E-state index in [9.17, 15) is 5.26 Å². The van der Waals surface area contributed by atoms with E-state index in [0.29, 0.717) is 17.7 Å². The predicted octanol–water partition coefficient (Wildman–Crippen LogP) is 3.96. The third kappa shape index (κ3) is 2.66. The van der Waals surface area contributed by atoms with Crippen LogP contribution in [0, 0.1) is 36.5 Å². The minimum Gasteiger partial charge on any atom is -0.343 e. The highest BCUT2D eigenvalue weighted by molar-refractivity contribution is 5.75. The summed E-state index contributed by atoms with van der Waals surface area (Å²) in [4.78, 5) is 4.05. The van der Waals surface area contributed by atoms with Gasteiger partial charge < -0.3 is 4.57 Å². The summed E-state index contributed by atoms with van der Waals surface area (Å²) in [7, 11) is 0. The monoisotopic (exact) mass is 312 g/mol. The SMILES string of the molecule is Cc1c(C#N)c(-c2ccc(C#N)cc2)c(C)n1Cc1ccncc1. The molecular weight excluding hydrogens is 296 g/mol. The van der Waals surface area contributed by atoms with Crippen LogP contribution in [0.4, 0.5) is 0 Å². The van der Waals surface area contributed by atoms with Crippen LogP contribution in [0.1, 0.15) is 28.1 Å². The normalized spacial score (nSPS) is 10.2. The molecule has 0 fully saturated rings. The van der Waals surface area contributed by atoms with E-state index < -0.39 is 0 Å². The molecule has 0 saturated heterocycles. The van der Waals surface area contributed by atoms with Crippen molar-refractivity contribution in [2.45, 2.75) is 20.4 Å². The fourth-order valence-electron chi connectivity index (χ4n) is 2.99. The number of hydrogen-bond donors (Lipinski definition) is 0. The Morgan fingerprint density at radius 1 is 0.917 bits per heavy atom. The summed E-state index contributed by atoms with van der Waals surface area (Å²) in [6, 6.07) is 15.8. The quantitative estimate of drug-likeness (QED) is 0.735. The first kappa shape index (κ1) is 15.5. The number of pyridine rings is 1. The van der Waals surface area contributed by atoms with Gasteiger partial charge in [0.2, 0.25) is 0 Å². The minimum absolute atomic E-state index is 0.614. The zero-order valence-electron chi connectivity index (χ0n) is 13.6. The number of nitriles is 2. The fraction of sp³-hybridized carbons (Fsp3) is 0.150. The molecule has 24 heavy (non-hydrogen) atoms. The maximum Gasteiger partial charge on any atom is 0.102 e. The Hall–Kier alpha value is -3.37. The standard InChI is InChI=1S/C20H16N4/c1-14-19(12-22)20(18-5-3-16(11-21)4-6-18)15(2)24(14)13-17-7-9-23-10-8-17/h3-10H,13H2,1-2H3. The molecule has 116 valence electrons. The van der Waals surface area contributed by atoms with Crippen molar-refractivity contribution in [3.05, 3.63) is 76.9 Å². The first-order chi connectivity index (χ1) is 11.7. The topological polar surface area (TPSA) is 65.4 Å². The van der Waals surface area contributed by atoms with Crippen molar-refractivity contribution in [2.75, 3.05) is 0 Å². The molecule has 0 unspecified atom stereocenters. The van der Waals surface area contributed by atoms with Gasteiger partial charge >= 0.3 is 0 Å². The number of aromatic nitrogens is 2. The van der Waals surface area contributed by atoms with Gasteiger partial charge in [-0.3, -0.25) is 4.98 Å². The molecule has 0 aliphatic carbocycles. The number of rotatable bonds is 3. The Kier molecular flexibility index (Phi) is 4.14. The van der Waals surface area contributed by atoms with Crippen LogP contribution in [-0.2, 0) is 6.54 Å². The zero-order chi connectivity index (χ0) is 17.1. The summed E-state index contributed by atoms with van der Waals surface area (Å²) in [5.74, 6) is 0. The zero-order valence-corrected chi connectivity index (χ0v) is 13.6. The average Bonchev–Trinajstić information content (AvgIpc) is 2.86. The predicted molar refractivity (Wildman–Crippen MR) is 92.1 cm³/mol. The molecule has 0 radical (unpaired) electrons. The fourth-order valence-corrected chi connectivity index (χ4v) is 2.99. The van der Waals surface area contributed by atoms with E-state index in [1.54, 1.807) is 24.5 Å². The summed E-state index contributed by atoms with van der Waals surface area (Å²) in [5.41, 5.74) is 6.33. The van der Waals surface area contributed by atoms with Crippen LogP contribution in [0.3, 0.4) is 0 Å². The van der Waals surface area contributed by atoms with Crippen LogP contribution in [0.5, 0.6) is 0 Å². The summed E-state index contributed by atoms with van der Waals surface area (Å²) >= 11 is 0. The van der Waals surface area contributed by atoms with E-state index in [0.717, 1.165) is 28.1 Å². The van der Waals surface area contributed by atoms with Gasteiger partial charge in [-0.05, 0) is 49.2 Å². The van der Waals surface area contributed by atoms with E-state index in [2.05, 4.69) is 21.7 Å². The van der Waals surface area contributed by atoms with Crippen molar-refractivity contribution in [3.8, 4) is 23.3 Å². The molecule has 0 aliphatic heterocycles. The lowest BCUT2D eigenvalue weighted by Crippen LogP contribution is -2.04. The summed E-state index contributed by atoms with van der Waals surface area (Å²) in [6.45, 7) is 4.70. The Bertz CT molecular complexity index is 952. The molecule has 0 atom stereocenters. The highest BCUT2D eigenvalue weighted by Crippen LogP contribution is 2.32. The second-order valence-electron chi connectivity index (χ2n) is 5.66. The molecule has 2 heterocycles. The van der Waals surface area contributed by atoms with Crippen LogP contribution < -0.4 is 0 Å². The molecule has 1 aromatic carbocycles. The number of hydrogen-bond acceptors (Lipinski definition) is 3. The molecular formula is C20H16N4. The van der Waals surface area contributed by atoms with Gasteiger partial charge in [-0.15, -0.1) is 0 Å². The maximum atomic E-state index is 9.64. The molecule has 0 N–H and O–H groups in total. The highest BCUT2D eigenvalue weighted by atomic mass is 15.0. The van der Waals surface area contributed by atoms with Gasteiger partial charge in [0, 0.05) is 35.9 Å². The van der Waals surface area contributed by atoms with Gasteiger partial charge in [0.25, 0.3) is 0 Å². The van der Waals surface area contributed by atoms with Gasteiger partial charge in [0.1, 0.15) is 6.07 Å². The van der Waals surface area contributed by atoms with E-state index in [1.165, 1.54) is 0 Å². The second-order valence-corrected chi connectivity index (χ2v) is 5.66. The van der Waals surface area contributed by atoms with Crippen molar-refractivity contribution < 1.29 is 0 Å².